The monoisotopic (exact) mass is 263 g/mol. The van der Waals surface area contributed by atoms with E-state index in [0.717, 1.165) is 24.1 Å². The van der Waals surface area contributed by atoms with Gasteiger partial charge in [0.15, 0.2) is 0 Å². The Hall–Kier alpha value is -1.55. The van der Waals surface area contributed by atoms with Crippen molar-refractivity contribution in [2.24, 2.45) is 5.73 Å². The smallest absolute Gasteiger partial charge is 0.321 e. The summed E-state index contributed by atoms with van der Waals surface area (Å²) in [5.41, 5.74) is 7.65. The van der Waals surface area contributed by atoms with Crippen LogP contribution in [0.25, 0.3) is 0 Å². The van der Waals surface area contributed by atoms with E-state index >= 15 is 0 Å². The lowest BCUT2D eigenvalue weighted by molar-refractivity contribution is 0.205. The molecule has 0 radical (unpaired) electrons. The average Bonchev–Trinajstić information content (AvgIpc) is 2.38. The number of nitrogens with two attached hydrogens (primary N) is 1. The summed E-state index contributed by atoms with van der Waals surface area (Å²) in [6.45, 7) is 6.12. The van der Waals surface area contributed by atoms with Gasteiger partial charge in [0.2, 0.25) is 0 Å². The van der Waals surface area contributed by atoms with Crippen LogP contribution in [0, 0.1) is 0 Å². The number of hydrogen-bond donors (Lipinski definition) is 2. The number of hydrogen-bond acceptors (Lipinski definition) is 2. The SMILES string of the molecule is CCCC(C)N(C)C(=O)Nc1ccc(C(C)N)cc1. The van der Waals surface area contributed by atoms with Crippen LogP contribution in [-0.4, -0.2) is 24.0 Å². The molecule has 1 aromatic carbocycles. The summed E-state index contributed by atoms with van der Waals surface area (Å²) >= 11 is 0. The van der Waals surface area contributed by atoms with E-state index in [-0.39, 0.29) is 18.1 Å². The van der Waals surface area contributed by atoms with Gasteiger partial charge in [-0.3, -0.25) is 0 Å². The van der Waals surface area contributed by atoms with Crippen molar-refractivity contribution in [3.8, 4) is 0 Å². The first-order chi connectivity index (χ1) is 8.95. The summed E-state index contributed by atoms with van der Waals surface area (Å²) in [7, 11) is 1.83. The van der Waals surface area contributed by atoms with E-state index in [1.54, 1.807) is 4.90 Å². The first-order valence-electron chi connectivity index (χ1n) is 6.85. The number of nitrogens with zero attached hydrogens (tertiary/aromatic N) is 1. The first-order valence-corrected chi connectivity index (χ1v) is 6.85. The quantitative estimate of drug-likeness (QED) is 0.855. The molecule has 0 heterocycles. The molecular weight excluding hydrogens is 238 g/mol. The number of rotatable bonds is 5. The zero-order chi connectivity index (χ0) is 14.4. The van der Waals surface area contributed by atoms with Crippen LogP contribution in [0.1, 0.15) is 45.2 Å². The highest BCUT2D eigenvalue weighted by molar-refractivity contribution is 5.89. The summed E-state index contributed by atoms with van der Waals surface area (Å²) in [6, 6.07) is 7.83. The van der Waals surface area contributed by atoms with Crippen LogP contribution >= 0.6 is 0 Å². The number of benzene rings is 1. The Morgan fingerprint density at radius 3 is 2.37 bits per heavy atom. The molecule has 0 fully saturated rings. The van der Waals surface area contributed by atoms with Crippen LogP contribution < -0.4 is 11.1 Å². The first kappa shape index (κ1) is 15.5. The van der Waals surface area contributed by atoms with E-state index in [1.807, 2.05) is 38.2 Å². The Bertz CT molecular complexity index is 400. The van der Waals surface area contributed by atoms with E-state index in [2.05, 4.69) is 19.2 Å². The molecule has 2 amide bonds. The van der Waals surface area contributed by atoms with Crippen LogP contribution in [0.4, 0.5) is 10.5 Å². The molecule has 2 unspecified atom stereocenters. The fraction of sp³-hybridized carbons (Fsp3) is 0.533. The molecule has 1 aromatic rings. The molecule has 3 N–H and O–H groups in total. The fourth-order valence-corrected chi connectivity index (χ4v) is 1.89. The molecular formula is C15H25N3O. The van der Waals surface area contributed by atoms with Crippen molar-refractivity contribution in [2.75, 3.05) is 12.4 Å². The minimum atomic E-state index is -0.0745. The standard InChI is InChI=1S/C15H25N3O/c1-5-6-11(2)18(4)15(19)17-14-9-7-13(8-10-14)12(3)16/h7-12H,5-6,16H2,1-4H3,(H,17,19). The zero-order valence-electron chi connectivity index (χ0n) is 12.3. The maximum Gasteiger partial charge on any atom is 0.321 e. The van der Waals surface area contributed by atoms with Gasteiger partial charge < -0.3 is 16.0 Å². The number of anilines is 1. The maximum atomic E-state index is 12.0. The average molecular weight is 263 g/mol. The lowest BCUT2D eigenvalue weighted by atomic mass is 10.1. The Labute approximate surface area is 116 Å². The van der Waals surface area contributed by atoms with E-state index < -0.39 is 0 Å². The molecule has 0 aliphatic heterocycles. The molecule has 0 aliphatic rings. The lowest BCUT2D eigenvalue weighted by Gasteiger charge is -2.25. The van der Waals surface area contributed by atoms with Crippen molar-refractivity contribution in [1.82, 2.24) is 4.90 Å². The highest BCUT2D eigenvalue weighted by Gasteiger charge is 2.14. The Kier molecular flexibility index (Phi) is 5.83. The topological polar surface area (TPSA) is 58.4 Å². The normalized spacial score (nSPS) is 13.7. The van der Waals surface area contributed by atoms with Gasteiger partial charge in [0.25, 0.3) is 0 Å². The van der Waals surface area contributed by atoms with E-state index in [9.17, 15) is 4.79 Å². The summed E-state index contributed by atoms with van der Waals surface area (Å²) in [5.74, 6) is 0. The van der Waals surface area contributed by atoms with Crippen LogP contribution in [0.5, 0.6) is 0 Å². The highest BCUT2D eigenvalue weighted by atomic mass is 16.2. The second-order valence-corrected chi connectivity index (χ2v) is 5.09. The zero-order valence-corrected chi connectivity index (χ0v) is 12.3. The van der Waals surface area contributed by atoms with Gasteiger partial charge in [0, 0.05) is 24.8 Å². The van der Waals surface area contributed by atoms with Crippen molar-refractivity contribution >= 4 is 11.7 Å². The third-order valence-corrected chi connectivity index (χ3v) is 3.38. The van der Waals surface area contributed by atoms with Crippen molar-refractivity contribution < 1.29 is 4.79 Å². The molecule has 4 heteroatoms. The van der Waals surface area contributed by atoms with Crippen LogP contribution in [0.2, 0.25) is 0 Å². The molecule has 19 heavy (non-hydrogen) atoms. The molecule has 0 spiro atoms. The molecule has 0 saturated heterocycles. The Morgan fingerprint density at radius 2 is 1.89 bits per heavy atom. The van der Waals surface area contributed by atoms with Crippen molar-refractivity contribution in [2.45, 2.75) is 45.7 Å². The van der Waals surface area contributed by atoms with Crippen LogP contribution in [0.15, 0.2) is 24.3 Å². The van der Waals surface area contributed by atoms with Gasteiger partial charge in [0.05, 0.1) is 0 Å². The number of nitrogens with one attached hydrogen (secondary N) is 1. The predicted molar refractivity (Wildman–Crippen MR) is 80.2 cm³/mol. The predicted octanol–water partition coefficient (Wildman–Crippen LogP) is 3.36. The molecule has 2 atom stereocenters. The summed E-state index contributed by atoms with van der Waals surface area (Å²) in [5, 5.41) is 2.89. The molecule has 106 valence electrons. The third kappa shape index (κ3) is 4.56. The third-order valence-electron chi connectivity index (χ3n) is 3.38. The number of urea groups is 1. The van der Waals surface area contributed by atoms with Gasteiger partial charge in [-0.1, -0.05) is 25.5 Å². The molecule has 0 aliphatic carbocycles. The van der Waals surface area contributed by atoms with Crippen molar-refractivity contribution in [3.05, 3.63) is 29.8 Å². The maximum absolute atomic E-state index is 12.0. The minimum Gasteiger partial charge on any atom is -0.325 e. The highest BCUT2D eigenvalue weighted by Crippen LogP contribution is 2.15. The Morgan fingerprint density at radius 1 is 1.32 bits per heavy atom. The molecule has 1 rings (SSSR count). The van der Waals surface area contributed by atoms with E-state index in [4.69, 9.17) is 5.73 Å². The lowest BCUT2D eigenvalue weighted by Crippen LogP contribution is -2.38. The van der Waals surface area contributed by atoms with Gasteiger partial charge in [-0.25, -0.2) is 4.79 Å². The van der Waals surface area contributed by atoms with Crippen molar-refractivity contribution in [1.29, 1.82) is 0 Å². The molecule has 0 saturated carbocycles. The molecule has 0 aromatic heterocycles. The van der Waals surface area contributed by atoms with Gasteiger partial charge >= 0.3 is 6.03 Å². The van der Waals surface area contributed by atoms with E-state index in [1.165, 1.54) is 0 Å². The number of carbonyl (C=O) groups is 1. The van der Waals surface area contributed by atoms with E-state index in [0.29, 0.717) is 0 Å². The minimum absolute atomic E-state index is 0.0111. The number of amides is 2. The largest absolute Gasteiger partial charge is 0.325 e. The fourth-order valence-electron chi connectivity index (χ4n) is 1.89. The second-order valence-electron chi connectivity index (χ2n) is 5.09. The van der Waals surface area contributed by atoms with Gasteiger partial charge in [-0.2, -0.15) is 0 Å². The van der Waals surface area contributed by atoms with Crippen LogP contribution in [0.3, 0.4) is 0 Å². The Balaban J connectivity index is 2.61. The van der Waals surface area contributed by atoms with Gasteiger partial charge in [-0.05, 0) is 38.0 Å². The van der Waals surface area contributed by atoms with Gasteiger partial charge in [-0.15, -0.1) is 0 Å². The molecule has 4 nitrogen and oxygen atoms in total. The summed E-state index contributed by atoms with van der Waals surface area (Å²) in [6.07, 6.45) is 2.08. The summed E-state index contributed by atoms with van der Waals surface area (Å²) in [4.78, 5) is 13.8. The second kappa shape index (κ2) is 7.14. The number of carbonyl (C=O) groups excluding carboxylic acids is 1. The van der Waals surface area contributed by atoms with Crippen LogP contribution in [-0.2, 0) is 0 Å². The van der Waals surface area contributed by atoms with Crippen molar-refractivity contribution in [3.63, 3.8) is 0 Å². The van der Waals surface area contributed by atoms with Gasteiger partial charge in [0.1, 0.15) is 0 Å². The summed E-state index contributed by atoms with van der Waals surface area (Å²) < 4.78 is 0. The molecule has 0 bridgehead atoms.